The molecule has 148 valence electrons. The van der Waals surface area contributed by atoms with Crippen molar-refractivity contribution in [1.82, 2.24) is 0 Å². The van der Waals surface area contributed by atoms with E-state index in [1.54, 1.807) is 0 Å². The molecule has 0 amide bonds. The Bertz CT molecular complexity index is 594. The highest BCUT2D eigenvalue weighted by Gasteiger charge is 2.36. The molecule has 0 saturated heterocycles. The van der Waals surface area contributed by atoms with Crippen molar-refractivity contribution in [2.45, 2.75) is 12.2 Å². The van der Waals surface area contributed by atoms with Crippen LogP contribution in [0.5, 0.6) is 0 Å². The van der Waals surface area contributed by atoms with Crippen LogP contribution in [0.15, 0.2) is 50.6 Å². The van der Waals surface area contributed by atoms with Crippen molar-refractivity contribution in [3.8, 4) is 0 Å². The Labute approximate surface area is 156 Å². The Balaban J connectivity index is 5.61. The predicted molar refractivity (Wildman–Crippen MR) is 93.0 cm³/mol. The zero-order valence-electron chi connectivity index (χ0n) is 14.7. The smallest absolute Gasteiger partial charge is 0.330 e. The molecule has 0 aliphatic carbocycles. The zero-order valence-corrected chi connectivity index (χ0v) is 14.7. The van der Waals surface area contributed by atoms with E-state index in [9.17, 15) is 24.3 Å². The number of carbonyl (C=O) groups is 4. The summed E-state index contributed by atoms with van der Waals surface area (Å²) in [6.45, 7) is 11.4. The van der Waals surface area contributed by atoms with Crippen LogP contribution in [-0.4, -0.2) is 61.0 Å². The third-order valence-electron chi connectivity index (χ3n) is 3.08. The van der Waals surface area contributed by atoms with E-state index in [4.69, 9.17) is 18.9 Å². The Morgan fingerprint density at radius 2 is 1.19 bits per heavy atom. The molecule has 0 saturated carbocycles. The second-order valence-electron chi connectivity index (χ2n) is 4.90. The molecular formula is C18H22O9. The van der Waals surface area contributed by atoms with Gasteiger partial charge in [-0.1, -0.05) is 26.3 Å². The van der Waals surface area contributed by atoms with Crippen LogP contribution in [0.3, 0.4) is 0 Å². The van der Waals surface area contributed by atoms with Crippen LogP contribution in [0, 0.1) is 5.92 Å². The third-order valence-corrected chi connectivity index (χ3v) is 3.08. The minimum Gasteiger partial charge on any atom is -0.462 e. The summed E-state index contributed by atoms with van der Waals surface area (Å²) < 4.78 is 19.9. The van der Waals surface area contributed by atoms with Gasteiger partial charge in [-0.3, -0.25) is 0 Å². The molecule has 0 radical (unpaired) electrons. The van der Waals surface area contributed by atoms with Gasteiger partial charge in [0.2, 0.25) is 0 Å². The van der Waals surface area contributed by atoms with Crippen LogP contribution in [0.1, 0.15) is 0 Å². The molecule has 1 N–H and O–H groups in total. The molecule has 3 unspecified atom stereocenters. The first-order valence-corrected chi connectivity index (χ1v) is 7.68. The Kier molecular flexibility index (Phi) is 11.5. The molecule has 0 heterocycles. The number of aliphatic hydroxyl groups is 1. The van der Waals surface area contributed by atoms with Gasteiger partial charge in [-0.05, 0) is 0 Å². The normalized spacial score (nSPS) is 13.1. The van der Waals surface area contributed by atoms with E-state index in [-0.39, 0.29) is 0 Å². The summed E-state index contributed by atoms with van der Waals surface area (Å²) in [4.78, 5) is 45.8. The zero-order chi connectivity index (χ0) is 20.8. The molecule has 27 heavy (non-hydrogen) atoms. The molecule has 9 nitrogen and oxygen atoms in total. The number of hydrogen-bond acceptors (Lipinski definition) is 9. The number of hydrogen-bond donors (Lipinski definition) is 1. The molecule has 3 atom stereocenters. The van der Waals surface area contributed by atoms with Crippen molar-refractivity contribution in [2.24, 2.45) is 5.92 Å². The molecule has 0 aliphatic heterocycles. The summed E-state index contributed by atoms with van der Waals surface area (Å²) >= 11 is 0. The number of rotatable bonds is 13. The van der Waals surface area contributed by atoms with Crippen LogP contribution >= 0.6 is 0 Å². The van der Waals surface area contributed by atoms with Crippen molar-refractivity contribution in [1.29, 1.82) is 0 Å². The second kappa shape index (κ2) is 13.1. The maximum Gasteiger partial charge on any atom is 0.330 e. The predicted octanol–water partition coefficient (Wildman–Crippen LogP) is 0.249. The van der Waals surface area contributed by atoms with Gasteiger partial charge in [-0.15, -0.1) is 0 Å². The topological polar surface area (TPSA) is 125 Å². The molecule has 0 fully saturated rings. The minimum absolute atomic E-state index is 0.395. The summed E-state index contributed by atoms with van der Waals surface area (Å²) in [6, 6.07) is 0. The van der Waals surface area contributed by atoms with E-state index < -0.39 is 61.8 Å². The highest BCUT2D eigenvalue weighted by Crippen LogP contribution is 2.18. The second-order valence-corrected chi connectivity index (χ2v) is 4.90. The van der Waals surface area contributed by atoms with E-state index in [1.165, 1.54) is 0 Å². The average Bonchev–Trinajstić information content (AvgIpc) is 2.69. The quantitative estimate of drug-likeness (QED) is 0.271. The first-order valence-electron chi connectivity index (χ1n) is 7.68. The molecule has 0 aromatic heterocycles. The number of esters is 4. The van der Waals surface area contributed by atoms with Gasteiger partial charge in [0.05, 0.1) is 12.5 Å². The van der Waals surface area contributed by atoms with E-state index in [2.05, 4.69) is 26.3 Å². The summed E-state index contributed by atoms with van der Waals surface area (Å²) in [7, 11) is 0. The van der Waals surface area contributed by atoms with E-state index in [0.29, 0.717) is 0 Å². The molecular weight excluding hydrogens is 360 g/mol. The summed E-state index contributed by atoms with van der Waals surface area (Å²) in [5.41, 5.74) is 0. The van der Waals surface area contributed by atoms with Gasteiger partial charge in [0.15, 0.2) is 12.2 Å². The van der Waals surface area contributed by atoms with Crippen LogP contribution in [0.4, 0.5) is 0 Å². The highest BCUT2D eigenvalue weighted by atomic mass is 16.6. The number of carbonyl (C=O) groups excluding carboxylic acids is 4. The fourth-order valence-electron chi connectivity index (χ4n) is 1.77. The van der Waals surface area contributed by atoms with Crippen LogP contribution in [0.25, 0.3) is 0 Å². The van der Waals surface area contributed by atoms with Crippen LogP contribution in [-0.2, 0) is 38.1 Å². The van der Waals surface area contributed by atoms with Gasteiger partial charge >= 0.3 is 23.9 Å². The van der Waals surface area contributed by atoms with E-state index in [0.717, 1.165) is 24.3 Å². The molecule has 0 rings (SSSR count). The summed E-state index contributed by atoms with van der Waals surface area (Å²) in [5, 5.41) is 9.61. The lowest BCUT2D eigenvalue weighted by atomic mass is 9.99. The van der Waals surface area contributed by atoms with Gasteiger partial charge in [-0.25, -0.2) is 19.2 Å². The highest BCUT2D eigenvalue weighted by molar-refractivity contribution is 5.83. The molecule has 0 aromatic carbocycles. The Hall–Kier alpha value is -3.20. The van der Waals surface area contributed by atoms with Crippen LogP contribution < -0.4 is 0 Å². The van der Waals surface area contributed by atoms with Gasteiger partial charge in [0, 0.05) is 24.3 Å². The maximum absolute atomic E-state index is 11.7. The SMILES string of the molecule is C=CC(=O)OCC(CO)C(OC(=O)C=C)C(COC(=O)C=C)OC(=O)C=C. The fraction of sp³-hybridized carbons (Fsp3) is 0.333. The third kappa shape index (κ3) is 9.17. The average molecular weight is 382 g/mol. The lowest BCUT2D eigenvalue weighted by Gasteiger charge is -2.30. The fourth-order valence-corrected chi connectivity index (χ4v) is 1.77. The first-order chi connectivity index (χ1) is 12.8. The molecule has 0 aliphatic rings. The molecule has 0 aromatic rings. The van der Waals surface area contributed by atoms with Crippen molar-refractivity contribution in [3.05, 3.63) is 50.6 Å². The van der Waals surface area contributed by atoms with Crippen molar-refractivity contribution in [3.63, 3.8) is 0 Å². The lowest BCUT2D eigenvalue weighted by Crippen LogP contribution is -2.46. The maximum atomic E-state index is 11.7. The van der Waals surface area contributed by atoms with Crippen LogP contribution in [0.2, 0.25) is 0 Å². The van der Waals surface area contributed by atoms with Gasteiger partial charge in [0.1, 0.15) is 13.2 Å². The first kappa shape index (κ1) is 23.8. The summed E-state index contributed by atoms with van der Waals surface area (Å²) in [5.74, 6) is -4.40. The largest absolute Gasteiger partial charge is 0.462 e. The van der Waals surface area contributed by atoms with Gasteiger partial charge < -0.3 is 24.1 Å². The Morgan fingerprint density at radius 3 is 1.63 bits per heavy atom. The number of aliphatic hydroxyl groups excluding tert-OH is 1. The van der Waals surface area contributed by atoms with Crippen molar-refractivity contribution in [2.75, 3.05) is 19.8 Å². The van der Waals surface area contributed by atoms with E-state index >= 15 is 0 Å². The van der Waals surface area contributed by atoms with Crippen molar-refractivity contribution >= 4 is 23.9 Å². The number of ether oxygens (including phenoxy) is 4. The standard InChI is InChI=1S/C18H22O9/c1-5-14(20)24-10-12(9-19)18(27-17(23)8-4)13(26-16(22)7-3)11-25-15(21)6-2/h5-8,12-13,18-19H,1-4,9-11H2. The van der Waals surface area contributed by atoms with Gasteiger partial charge in [0.25, 0.3) is 0 Å². The minimum atomic E-state index is -1.33. The monoisotopic (exact) mass is 382 g/mol. The Morgan fingerprint density at radius 1 is 0.741 bits per heavy atom. The lowest BCUT2D eigenvalue weighted by molar-refractivity contribution is -0.178. The van der Waals surface area contributed by atoms with Crippen molar-refractivity contribution < 1.29 is 43.2 Å². The van der Waals surface area contributed by atoms with Gasteiger partial charge in [-0.2, -0.15) is 0 Å². The molecule has 9 heteroatoms. The molecule has 0 spiro atoms. The van der Waals surface area contributed by atoms with E-state index in [1.807, 2.05) is 0 Å². The summed E-state index contributed by atoms with van der Waals surface area (Å²) in [6.07, 6.45) is 0.814. The molecule has 0 bridgehead atoms.